The second kappa shape index (κ2) is 7.53. The summed E-state index contributed by atoms with van der Waals surface area (Å²) in [4.78, 5) is 14.2. The van der Waals surface area contributed by atoms with Crippen LogP contribution in [0.25, 0.3) is 5.69 Å². The number of amides is 1. The number of fused-ring (bicyclic) bond motifs is 1. The van der Waals surface area contributed by atoms with E-state index in [-0.39, 0.29) is 12.7 Å². The number of hydrogen-bond acceptors (Lipinski definition) is 4. The van der Waals surface area contributed by atoms with Crippen molar-refractivity contribution in [1.29, 1.82) is 0 Å². The third-order valence-corrected chi connectivity index (χ3v) is 4.57. The van der Waals surface area contributed by atoms with E-state index in [4.69, 9.17) is 9.47 Å². The Hall–Kier alpha value is -3.28. The Kier molecular flexibility index (Phi) is 4.78. The van der Waals surface area contributed by atoms with Gasteiger partial charge in [-0.25, -0.2) is 4.68 Å². The molecule has 4 rings (SSSR count). The molecule has 0 bridgehead atoms. The van der Waals surface area contributed by atoms with E-state index in [0.29, 0.717) is 19.4 Å². The number of ether oxygens (including phenoxy) is 2. The lowest BCUT2D eigenvalue weighted by molar-refractivity contribution is -0.130. The number of nitrogens with zero attached hydrogens (tertiary/aromatic N) is 3. The monoisotopic (exact) mass is 363 g/mol. The molecule has 6 nitrogen and oxygen atoms in total. The summed E-state index contributed by atoms with van der Waals surface area (Å²) in [6.45, 7) is 0.795. The number of aromatic nitrogens is 2. The van der Waals surface area contributed by atoms with Crippen LogP contribution in [0.15, 0.2) is 60.9 Å². The summed E-state index contributed by atoms with van der Waals surface area (Å²) in [7, 11) is 1.82. The maximum absolute atomic E-state index is 12.5. The Balaban J connectivity index is 1.32. The lowest BCUT2D eigenvalue weighted by Crippen LogP contribution is -2.26. The van der Waals surface area contributed by atoms with Crippen LogP contribution in [0.2, 0.25) is 0 Å². The quantitative estimate of drug-likeness (QED) is 0.675. The first kappa shape index (κ1) is 17.1. The van der Waals surface area contributed by atoms with Crippen molar-refractivity contribution in [3.8, 4) is 17.2 Å². The lowest BCUT2D eigenvalue weighted by Gasteiger charge is -2.17. The fraction of sp³-hybridized carbons (Fsp3) is 0.238. The first-order valence-electron chi connectivity index (χ1n) is 8.90. The van der Waals surface area contributed by atoms with E-state index in [0.717, 1.165) is 28.3 Å². The standard InChI is InChI=1S/C21H21N3O3/c1-23(13-16-7-9-19-20(11-16)27-15-26-19)21(25)10-8-17-12-22-24(14-17)18-5-3-2-4-6-18/h2-7,9,11-12,14H,8,10,13,15H2,1H3. The minimum atomic E-state index is 0.0973. The molecule has 0 saturated heterocycles. The molecular weight excluding hydrogens is 342 g/mol. The Morgan fingerprint density at radius 3 is 2.78 bits per heavy atom. The van der Waals surface area contributed by atoms with E-state index in [2.05, 4.69) is 5.10 Å². The van der Waals surface area contributed by atoms with Gasteiger partial charge in [-0.2, -0.15) is 5.10 Å². The zero-order valence-corrected chi connectivity index (χ0v) is 15.2. The molecule has 0 fully saturated rings. The van der Waals surface area contributed by atoms with Crippen LogP contribution in [0.1, 0.15) is 17.5 Å². The van der Waals surface area contributed by atoms with Crippen molar-refractivity contribution in [2.45, 2.75) is 19.4 Å². The van der Waals surface area contributed by atoms with Crippen molar-refractivity contribution in [3.05, 3.63) is 72.1 Å². The third kappa shape index (κ3) is 3.95. The molecule has 2 aromatic carbocycles. The van der Waals surface area contributed by atoms with Gasteiger partial charge in [0.05, 0.1) is 11.9 Å². The van der Waals surface area contributed by atoms with E-state index in [9.17, 15) is 4.79 Å². The average Bonchev–Trinajstić information content (AvgIpc) is 3.35. The molecule has 3 aromatic rings. The summed E-state index contributed by atoms with van der Waals surface area (Å²) in [6, 6.07) is 15.7. The lowest BCUT2D eigenvalue weighted by atomic mass is 10.1. The van der Waals surface area contributed by atoms with Crippen molar-refractivity contribution in [3.63, 3.8) is 0 Å². The second-order valence-electron chi connectivity index (χ2n) is 6.57. The smallest absolute Gasteiger partial charge is 0.231 e. The van der Waals surface area contributed by atoms with Gasteiger partial charge in [-0.15, -0.1) is 0 Å². The Labute approximate surface area is 157 Å². The highest BCUT2D eigenvalue weighted by molar-refractivity contribution is 5.76. The number of carbonyl (C=O) groups excluding carboxylic acids is 1. The molecule has 0 N–H and O–H groups in total. The molecule has 6 heteroatoms. The van der Waals surface area contributed by atoms with Crippen LogP contribution in [0.4, 0.5) is 0 Å². The predicted molar refractivity (Wildman–Crippen MR) is 101 cm³/mol. The average molecular weight is 363 g/mol. The topological polar surface area (TPSA) is 56.6 Å². The molecule has 2 heterocycles. The summed E-state index contributed by atoms with van der Waals surface area (Å²) >= 11 is 0. The van der Waals surface area contributed by atoms with Gasteiger partial charge in [0.15, 0.2) is 11.5 Å². The van der Waals surface area contributed by atoms with Crippen LogP contribution in [-0.2, 0) is 17.8 Å². The predicted octanol–water partition coefficient (Wildman–Crippen LogP) is 3.19. The minimum Gasteiger partial charge on any atom is -0.454 e. The van der Waals surface area contributed by atoms with Gasteiger partial charge in [-0.3, -0.25) is 4.79 Å². The molecule has 0 aliphatic carbocycles. The molecular formula is C21H21N3O3. The zero-order valence-electron chi connectivity index (χ0n) is 15.2. The highest BCUT2D eigenvalue weighted by Gasteiger charge is 2.15. The van der Waals surface area contributed by atoms with Crippen molar-refractivity contribution >= 4 is 5.91 Å². The SMILES string of the molecule is CN(Cc1ccc2c(c1)OCO2)C(=O)CCc1cnn(-c2ccccc2)c1. The highest BCUT2D eigenvalue weighted by Crippen LogP contribution is 2.32. The van der Waals surface area contributed by atoms with E-state index in [1.807, 2.05) is 72.7 Å². The zero-order chi connectivity index (χ0) is 18.6. The van der Waals surface area contributed by atoms with E-state index in [1.54, 1.807) is 4.90 Å². The van der Waals surface area contributed by atoms with Crippen LogP contribution in [0.3, 0.4) is 0 Å². The largest absolute Gasteiger partial charge is 0.454 e. The van der Waals surface area contributed by atoms with Crippen molar-refractivity contribution in [1.82, 2.24) is 14.7 Å². The first-order chi connectivity index (χ1) is 13.2. The van der Waals surface area contributed by atoms with E-state index >= 15 is 0 Å². The van der Waals surface area contributed by atoms with Gasteiger partial charge in [-0.1, -0.05) is 24.3 Å². The van der Waals surface area contributed by atoms with Gasteiger partial charge in [0.25, 0.3) is 0 Å². The normalized spacial score (nSPS) is 12.2. The Morgan fingerprint density at radius 1 is 1.11 bits per heavy atom. The molecule has 0 atom stereocenters. The van der Waals surface area contributed by atoms with Crippen molar-refractivity contribution in [2.24, 2.45) is 0 Å². The van der Waals surface area contributed by atoms with Crippen LogP contribution in [0.5, 0.6) is 11.5 Å². The van der Waals surface area contributed by atoms with Crippen LogP contribution >= 0.6 is 0 Å². The molecule has 0 radical (unpaired) electrons. The van der Waals surface area contributed by atoms with Crippen molar-refractivity contribution in [2.75, 3.05) is 13.8 Å². The summed E-state index contributed by atoms with van der Waals surface area (Å²) in [6.07, 6.45) is 4.90. The maximum atomic E-state index is 12.5. The minimum absolute atomic E-state index is 0.0973. The first-order valence-corrected chi connectivity index (χ1v) is 8.90. The van der Waals surface area contributed by atoms with Gasteiger partial charge in [0.2, 0.25) is 12.7 Å². The molecule has 1 aliphatic heterocycles. The maximum Gasteiger partial charge on any atom is 0.231 e. The fourth-order valence-electron chi connectivity index (χ4n) is 3.05. The van der Waals surface area contributed by atoms with Crippen LogP contribution in [0, 0.1) is 0 Å². The van der Waals surface area contributed by atoms with Gasteiger partial charge in [-0.05, 0) is 41.8 Å². The highest BCUT2D eigenvalue weighted by atomic mass is 16.7. The number of carbonyl (C=O) groups is 1. The molecule has 0 unspecified atom stereocenters. The van der Waals surface area contributed by atoms with E-state index < -0.39 is 0 Å². The number of para-hydroxylation sites is 1. The van der Waals surface area contributed by atoms with Gasteiger partial charge >= 0.3 is 0 Å². The molecule has 27 heavy (non-hydrogen) atoms. The van der Waals surface area contributed by atoms with Crippen LogP contribution in [-0.4, -0.2) is 34.4 Å². The van der Waals surface area contributed by atoms with E-state index in [1.165, 1.54) is 0 Å². The number of benzene rings is 2. The second-order valence-corrected chi connectivity index (χ2v) is 6.57. The summed E-state index contributed by atoms with van der Waals surface area (Å²) in [5.74, 6) is 1.59. The number of hydrogen-bond donors (Lipinski definition) is 0. The molecule has 138 valence electrons. The molecule has 1 aliphatic rings. The molecule has 1 aromatic heterocycles. The third-order valence-electron chi connectivity index (χ3n) is 4.57. The van der Waals surface area contributed by atoms with Crippen molar-refractivity contribution < 1.29 is 14.3 Å². The Bertz CT molecular complexity index is 937. The molecule has 1 amide bonds. The van der Waals surface area contributed by atoms with Gasteiger partial charge in [0.1, 0.15) is 0 Å². The Morgan fingerprint density at radius 2 is 1.93 bits per heavy atom. The number of aryl methyl sites for hydroxylation is 1. The molecule has 0 spiro atoms. The molecule has 0 saturated carbocycles. The van der Waals surface area contributed by atoms with Gasteiger partial charge < -0.3 is 14.4 Å². The summed E-state index contributed by atoms with van der Waals surface area (Å²) < 4.78 is 12.5. The van der Waals surface area contributed by atoms with Crippen LogP contribution < -0.4 is 9.47 Å². The van der Waals surface area contributed by atoms with Gasteiger partial charge in [0, 0.05) is 26.2 Å². The summed E-state index contributed by atoms with van der Waals surface area (Å²) in [5, 5.41) is 4.38. The number of rotatable bonds is 6. The summed E-state index contributed by atoms with van der Waals surface area (Å²) in [5.41, 5.74) is 3.07. The fourth-order valence-corrected chi connectivity index (χ4v) is 3.05.